The standard InChI is InChI=1S/C16H14F2O2/c1-2-3-11-4-6-12(7-5-11)16(19)20-13-8-9-14(17)15(18)10-13/h4-10H,2-3H2,1H3. The Bertz CT molecular complexity index is 606. The summed E-state index contributed by atoms with van der Waals surface area (Å²) < 4.78 is 30.8. The van der Waals surface area contributed by atoms with Crippen LogP contribution in [0, 0.1) is 11.6 Å². The van der Waals surface area contributed by atoms with Crippen LogP contribution in [0.15, 0.2) is 42.5 Å². The Balaban J connectivity index is 2.09. The van der Waals surface area contributed by atoms with Crippen molar-refractivity contribution in [2.45, 2.75) is 19.8 Å². The lowest BCUT2D eigenvalue weighted by molar-refractivity contribution is 0.0734. The van der Waals surface area contributed by atoms with Gasteiger partial charge in [0, 0.05) is 6.07 Å². The smallest absolute Gasteiger partial charge is 0.343 e. The first-order valence-corrected chi connectivity index (χ1v) is 6.36. The van der Waals surface area contributed by atoms with Crippen molar-refractivity contribution < 1.29 is 18.3 Å². The number of aryl methyl sites for hydroxylation is 1. The Morgan fingerprint density at radius 3 is 2.35 bits per heavy atom. The summed E-state index contributed by atoms with van der Waals surface area (Å²) in [7, 11) is 0. The molecule has 0 N–H and O–H groups in total. The number of halogens is 2. The van der Waals surface area contributed by atoms with E-state index in [0.717, 1.165) is 30.5 Å². The van der Waals surface area contributed by atoms with Gasteiger partial charge in [-0.3, -0.25) is 0 Å². The lowest BCUT2D eigenvalue weighted by Crippen LogP contribution is -2.08. The van der Waals surface area contributed by atoms with Gasteiger partial charge in [0.2, 0.25) is 0 Å². The predicted octanol–water partition coefficient (Wildman–Crippen LogP) is 4.14. The van der Waals surface area contributed by atoms with E-state index in [1.165, 1.54) is 6.07 Å². The van der Waals surface area contributed by atoms with Gasteiger partial charge in [0.25, 0.3) is 0 Å². The SMILES string of the molecule is CCCc1ccc(C(=O)Oc2ccc(F)c(F)c2)cc1. The molecule has 0 saturated heterocycles. The van der Waals surface area contributed by atoms with Crippen molar-refractivity contribution in [1.82, 2.24) is 0 Å². The van der Waals surface area contributed by atoms with Crippen LogP contribution in [0.25, 0.3) is 0 Å². The third kappa shape index (κ3) is 3.41. The molecule has 0 saturated carbocycles. The zero-order valence-corrected chi connectivity index (χ0v) is 11.0. The first-order valence-electron chi connectivity index (χ1n) is 6.36. The number of hydrogen-bond acceptors (Lipinski definition) is 2. The number of hydrogen-bond donors (Lipinski definition) is 0. The normalized spacial score (nSPS) is 10.3. The van der Waals surface area contributed by atoms with Crippen molar-refractivity contribution in [3.8, 4) is 5.75 Å². The quantitative estimate of drug-likeness (QED) is 0.619. The van der Waals surface area contributed by atoms with E-state index >= 15 is 0 Å². The molecule has 0 aliphatic heterocycles. The van der Waals surface area contributed by atoms with E-state index in [1.807, 2.05) is 12.1 Å². The average molecular weight is 276 g/mol. The highest BCUT2D eigenvalue weighted by molar-refractivity contribution is 5.91. The maximum absolute atomic E-state index is 13.0. The van der Waals surface area contributed by atoms with Gasteiger partial charge < -0.3 is 4.74 Å². The first-order chi connectivity index (χ1) is 9.60. The van der Waals surface area contributed by atoms with Crippen LogP contribution in [0.5, 0.6) is 5.75 Å². The summed E-state index contributed by atoms with van der Waals surface area (Å²) in [6, 6.07) is 10.00. The molecule has 0 radical (unpaired) electrons. The molecule has 2 aromatic rings. The summed E-state index contributed by atoms with van der Waals surface area (Å²) in [4.78, 5) is 11.8. The van der Waals surface area contributed by atoms with Crippen molar-refractivity contribution in [1.29, 1.82) is 0 Å². The van der Waals surface area contributed by atoms with E-state index in [9.17, 15) is 13.6 Å². The Hall–Kier alpha value is -2.23. The maximum atomic E-state index is 13.0. The van der Waals surface area contributed by atoms with Gasteiger partial charge in [0.1, 0.15) is 5.75 Å². The highest BCUT2D eigenvalue weighted by atomic mass is 19.2. The minimum absolute atomic E-state index is 0.0217. The third-order valence-electron chi connectivity index (χ3n) is 2.83. The topological polar surface area (TPSA) is 26.3 Å². The molecule has 2 rings (SSSR count). The minimum Gasteiger partial charge on any atom is -0.423 e. The van der Waals surface area contributed by atoms with Gasteiger partial charge in [0.15, 0.2) is 11.6 Å². The van der Waals surface area contributed by atoms with Gasteiger partial charge in [-0.2, -0.15) is 0 Å². The second-order valence-electron chi connectivity index (χ2n) is 4.41. The van der Waals surface area contributed by atoms with Gasteiger partial charge in [0.05, 0.1) is 5.56 Å². The second-order valence-corrected chi connectivity index (χ2v) is 4.41. The van der Waals surface area contributed by atoms with Crippen molar-refractivity contribution in [2.24, 2.45) is 0 Å². The number of carbonyl (C=O) groups excluding carboxylic acids is 1. The van der Waals surface area contributed by atoms with Crippen LogP contribution >= 0.6 is 0 Å². The van der Waals surface area contributed by atoms with Gasteiger partial charge in [-0.05, 0) is 36.2 Å². The molecule has 0 spiro atoms. The van der Waals surface area contributed by atoms with E-state index in [2.05, 4.69) is 6.92 Å². The van der Waals surface area contributed by atoms with Crippen molar-refractivity contribution >= 4 is 5.97 Å². The van der Waals surface area contributed by atoms with E-state index in [4.69, 9.17) is 4.74 Å². The first kappa shape index (κ1) is 14.2. The lowest BCUT2D eigenvalue weighted by Gasteiger charge is -2.05. The summed E-state index contributed by atoms with van der Waals surface area (Å²) in [5.74, 6) is -2.65. The molecule has 0 bridgehead atoms. The maximum Gasteiger partial charge on any atom is 0.343 e. The van der Waals surface area contributed by atoms with Gasteiger partial charge >= 0.3 is 5.97 Å². The molecule has 2 nitrogen and oxygen atoms in total. The van der Waals surface area contributed by atoms with Gasteiger partial charge in [-0.1, -0.05) is 25.5 Å². The molecule has 0 aliphatic carbocycles. The molecular formula is C16H14F2O2. The number of esters is 1. The lowest BCUT2D eigenvalue weighted by atomic mass is 10.1. The molecule has 0 aliphatic rings. The van der Waals surface area contributed by atoms with Crippen LogP contribution in [0.3, 0.4) is 0 Å². The largest absolute Gasteiger partial charge is 0.423 e. The van der Waals surface area contributed by atoms with Crippen LogP contribution in [-0.4, -0.2) is 5.97 Å². The van der Waals surface area contributed by atoms with E-state index in [1.54, 1.807) is 12.1 Å². The molecule has 4 heteroatoms. The van der Waals surface area contributed by atoms with Crippen LogP contribution in [-0.2, 0) is 6.42 Å². The Labute approximate surface area is 116 Å². The number of ether oxygens (including phenoxy) is 1. The molecule has 20 heavy (non-hydrogen) atoms. The fourth-order valence-electron chi connectivity index (χ4n) is 1.80. The molecule has 0 aromatic heterocycles. The van der Waals surface area contributed by atoms with Gasteiger partial charge in [-0.15, -0.1) is 0 Å². The number of carbonyl (C=O) groups is 1. The zero-order chi connectivity index (χ0) is 14.5. The van der Waals surface area contributed by atoms with Crippen LogP contribution in [0.2, 0.25) is 0 Å². The predicted molar refractivity (Wildman–Crippen MR) is 71.8 cm³/mol. The van der Waals surface area contributed by atoms with E-state index < -0.39 is 17.6 Å². The minimum atomic E-state index is -1.05. The fourth-order valence-corrected chi connectivity index (χ4v) is 1.80. The summed E-state index contributed by atoms with van der Waals surface area (Å²) in [6.45, 7) is 2.07. The van der Waals surface area contributed by atoms with E-state index in [0.29, 0.717) is 5.56 Å². The second kappa shape index (κ2) is 6.28. The molecular weight excluding hydrogens is 262 g/mol. The summed E-state index contributed by atoms with van der Waals surface area (Å²) in [5.41, 5.74) is 1.51. The van der Waals surface area contributed by atoms with Crippen molar-refractivity contribution in [3.63, 3.8) is 0 Å². The van der Waals surface area contributed by atoms with Crippen LogP contribution in [0.4, 0.5) is 8.78 Å². The van der Waals surface area contributed by atoms with Crippen molar-refractivity contribution in [2.75, 3.05) is 0 Å². The fraction of sp³-hybridized carbons (Fsp3) is 0.188. The molecule has 2 aromatic carbocycles. The number of benzene rings is 2. The molecule has 0 fully saturated rings. The Morgan fingerprint density at radius 1 is 1.05 bits per heavy atom. The highest BCUT2D eigenvalue weighted by Crippen LogP contribution is 2.17. The summed E-state index contributed by atoms with van der Waals surface area (Å²) in [5, 5.41) is 0. The zero-order valence-electron chi connectivity index (χ0n) is 11.0. The Kier molecular flexibility index (Phi) is 4.45. The Morgan fingerprint density at radius 2 is 1.75 bits per heavy atom. The van der Waals surface area contributed by atoms with Crippen LogP contribution < -0.4 is 4.74 Å². The summed E-state index contributed by atoms with van der Waals surface area (Å²) >= 11 is 0. The summed E-state index contributed by atoms with van der Waals surface area (Å²) in [6.07, 6.45) is 1.97. The third-order valence-corrected chi connectivity index (χ3v) is 2.83. The molecule has 0 unspecified atom stereocenters. The van der Waals surface area contributed by atoms with Crippen molar-refractivity contribution in [3.05, 3.63) is 65.2 Å². The van der Waals surface area contributed by atoms with Crippen LogP contribution in [0.1, 0.15) is 29.3 Å². The monoisotopic (exact) mass is 276 g/mol. The number of rotatable bonds is 4. The molecule has 0 heterocycles. The molecule has 0 atom stereocenters. The molecule has 0 amide bonds. The van der Waals surface area contributed by atoms with E-state index in [-0.39, 0.29) is 5.75 Å². The van der Waals surface area contributed by atoms with Gasteiger partial charge in [-0.25, -0.2) is 13.6 Å². The highest BCUT2D eigenvalue weighted by Gasteiger charge is 2.10. The average Bonchev–Trinajstić information content (AvgIpc) is 2.44. The molecule has 104 valence electrons.